The van der Waals surface area contributed by atoms with Gasteiger partial charge in [-0.1, -0.05) is 40.2 Å². The number of anilines is 1. The summed E-state index contributed by atoms with van der Waals surface area (Å²) in [6.07, 6.45) is 1.41. The van der Waals surface area contributed by atoms with Gasteiger partial charge >= 0.3 is 5.97 Å². The van der Waals surface area contributed by atoms with Crippen LogP contribution in [-0.4, -0.2) is 11.9 Å². The van der Waals surface area contributed by atoms with Gasteiger partial charge in [-0.3, -0.25) is 4.79 Å². The molecule has 1 aromatic heterocycles. The van der Waals surface area contributed by atoms with Crippen molar-refractivity contribution in [3.05, 3.63) is 88.3 Å². The summed E-state index contributed by atoms with van der Waals surface area (Å²) >= 11 is 3.36. The molecule has 0 unspecified atom stereocenters. The number of nitrogens with one attached hydrogen (secondary N) is 1. The summed E-state index contributed by atoms with van der Waals surface area (Å²) in [6.45, 7) is 0.145. The Morgan fingerprint density at radius 2 is 1.76 bits per heavy atom. The number of halogens is 1. The van der Waals surface area contributed by atoms with Crippen LogP contribution in [0.25, 0.3) is 0 Å². The second-order valence-corrected chi connectivity index (χ2v) is 6.10. The first-order chi connectivity index (χ1) is 12.1. The van der Waals surface area contributed by atoms with Crippen LogP contribution in [0.5, 0.6) is 0 Å². The monoisotopic (exact) mass is 399 g/mol. The van der Waals surface area contributed by atoms with E-state index in [1.807, 2.05) is 24.3 Å². The molecule has 0 saturated carbocycles. The maximum absolute atomic E-state index is 12.4. The molecule has 6 heteroatoms. The molecule has 2 aromatic carbocycles. The summed E-state index contributed by atoms with van der Waals surface area (Å²) < 4.78 is 11.3. The van der Waals surface area contributed by atoms with Crippen molar-refractivity contribution in [2.24, 2.45) is 0 Å². The smallest absolute Gasteiger partial charge is 0.340 e. The maximum Gasteiger partial charge on any atom is 0.340 e. The summed E-state index contributed by atoms with van der Waals surface area (Å²) in [6, 6.07) is 17.3. The molecule has 0 aliphatic heterocycles. The fourth-order valence-electron chi connectivity index (χ4n) is 2.17. The van der Waals surface area contributed by atoms with Crippen LogP contribution in [0, 0.1) is 0 Å². The minimum absolute atomic E-state index is 0.145. The van der Waals surface area contributed by atoms with Crippen molar-refractivity contribution in [1.82, 2.24) is 0 Å². The summed E-state index contributed by atoms with van der Waals surface area (Å²) in [4.78, 5) is 24.5. The van der Waals surface area contributed by atoms with Gasteiger partial charge in [0, 0.05) is 4.47 Å². The van der Waals surface area contributed by atoms with Gasteiger partial charge in [0.2, 0.25) is 0 Å². The van der Waals surface area contributed by atoms with Crippen LogP contribution in [0.4, 0.5) is 5.69 Å². The first kappa shape index (κ1) is 17.0. The van der Waals surface area contributed by atoms with Gasteiger partial charge in [-0.25, -0.2) is 4.79 Å². The van der Waals surface area contributed by atoms with Crippen molar-refractivity contribution in [2.45, 2.75) is 6.61 Å². The van der Waals surface area contributed by atoms with Crippen molar-refractivity contribution < 1.29 is 18.7 Å². The van der Waals surface area contributed by atoms with Crippen molar-refractivity contribution in [1.29, 1.82) is 0 Å². The predicted octanol–water partition coefficient (Wildman–Crippen LogP) is 4.65. The highest BCUT2D eigenvalue weighted by atomic mass is 79.9. The first-order valence-electron chi connectivity index (χ1n) is 7.49. The zero-order valence-corrected chi connectivity index (χ0v) is 14.7. The molecular weight excluding hydrogens is 386 g/mol. The number of furan rings is 1. The second-order valence-electron chi connectivity index (χ2n) is 5.18. The van der Waals surface area contributed by atoms with Crippen molar-refractivity contribution in [2.75, 3.05) is 5.32 Å². The quantitative estimate of drug-likeness (QED) is 0.633. The number of rotatable bonds is 5. The minimum atomic E-state index is -0.515. The molecule has 3 rings (SSSR count). The third-order valence-corrected chi connectivity index (χ3v) is 3.95. The number of ether oxygens (including phenoxy) is 1. The van der Waals surface area contributed by atoms with Crippen LogP contribution < -0.4 is 5.32 Å². The van der Waals surface area contributed by atoms with Gasteiger partial charge < -0.3 is 14.5 Å². The van der Waals surface area contributed by atoms with Crippen LogP contribution in [-0.2, 0) is 11.3 Å². The molecule has 0 saturated heterocycles. The van der Waals surface area contributed by atoms with Gasteiger partial charge in [-0.2, -0.15) is 0 Å². The number of amides is 1. The molecule has 0 bridgehead atoms. The summed E-state index contributed by atoms with van der Waals surface area (Å²) in [5.74, 6) is -0.783. The molecule has 0 aliphatic rings. The number of benzene rings is 2. The molecule has 1 N–H and O–H groups in total. The van der Waals surface area contributed by atoms with E-state index in [9.17, 15) is 9.59 Å². The molecule has 0 fully saturated rings. The lowest BCUT2D eigenvalue weighted by Gasteiger charge is -2.10. The van der Waals surface area contributed by atoms with Crippen LogP contribution in [0.1, 0.15) is 26.5 Å². The van der Waals surface area contributed by atoms with E-state index in [2.05, 4.69) is 21.2 Å². The summed E-state index contributed by atoms with van der Waals surface area (Å²) in [7, 11) is 0. The van der Waals surface area contributed by atoms with Crippen LogP contribution in [0.15, 0.2) is 75.8 Å². The number of carbonyl (C=O) groups excluding carboxylic acids is 2. The average Bonchev–Trinajstić information content (AvgIpc) is 3.16. The van der Waals surface area contributed by atoms with Gasteiger partial charge in [-0.15, -0.1) is 0 Å². The third kappa shape index (κ3) is 4.36. The van der Waals surface area contributed by atoms with E-state index in [1.54, 1.807) is 36.4 Å². The predicted molar refractivity (Wildman–Crippen MR) is 96.4 cm³/mol. The van der Waals surface area contributed by atoms with Gasteiger partial charge in [0.05, 0.1) is 17.5 Å². The van der Waals surface area contributed by atoms with Gasteiger partial charge in [-0.05, 0) is 42.0 Å². The number of esters is 1. The number of para-hydroxylation sites is 1. The zero-order valence-electron chi connectivity index (χ0n) is 13.1. The highest BCUT2D eigenvalue weighted by Crippen LogP contribution is 2.19. The molecule has 3 aromatic rings. The molecule has 0 atom stereocenters. The Labute approximate surface area is 152 Å². The van der Waals surface area contributed by atoms with Crippen molar-refractivity contribution in [3.8, 4) is 0 Å². The second kappa shape index (κ2) is 7.81. The lowest BCUT2D eigenvalue weighted by Crippen LogP contribution is -2.15. The minimum Gasteiger partial charge on any atom is -0.459 e. The Balaban J connectivity index is 1.70. The van der Waals surface area contributed by atoms with Gasteiger partial charge in [0.1, 0.15) is 6.61 Å². The van der Waals surface area contributed by atoms with Gasteiger partial charge in [0.15, 0.2) is 5.76 Å². The van der Waals surface area contributed by atoms with Crippen molar-refractivity contribution >= 4 is 33.5 Å². The molecular formula is C19H14BrNO4. The number of carbonyl (C=O) groups is 2. The Bertz CT molecular complexity index is 873. The summed E-state index contributed by atoms with van der Waals surface area (Å²) in [5.41, 5.74) is 1.51. The van der Waals surface area contributed by atoms with E-state index >= 15 is 0 Å². The van der Waals surface area contributed by atoms with Crippen LogP contribution in [0.3, 0.4) is 0 Å². The van der Waals surface area contributed by atoms with E-state index in [0.717, 1.165) is 10.0 Å². The average molecular weight is 400 g/mol. The molecule has 25 heavy (non-hydrogen) atoms. The Hall–Kier alpha value is -2.86. The van der Waals surface area contributed by atoms with Crippen molar-refractivity contribution in [3.63, 3.8) is 0 Å². The molecule has 0 aliphatic carbocycles. The molecule has 1 heterocycles. The fraction of sp³-hybridized carbons (Fsp3) is 0.0526. The molecule has 126 valence electrons. The highest BCUT2D eigenvalue weighted by Gasteiger charge is 2.16. The standard InChI is InChI=1S/C19H14BrNO4/c20-14-9-7-13(8-10-14)12-25-19(23)15-4-1-2-5-16(15)21-18(22)17-6-3-11-24-17/h1-11H,12H2,(H,21,22). The normalized spacial score (nSPS) is 10.3. The lowest BCUT2D eigenvalue weighted by molar-refractivity contribution is 0.0474. The summed E-state index contributed by atoms with van der Waals surface area (Å²) in [5, 5.41) is 2.66. The first-order valence-corrected chi connectivity index (χ1v) is 8.28. The van der Waals surface area contributed by atoms with E-state index in [0.29, 0.717) is 5.69 Å². The number of hydrogen-bond donors (Lipinski definition) is 1. The van der Waals surface area contributed by atoms with Crippen LogP contribution >= 0.6 is 15.9 Å². The zero-order chi connectivity index (χ0) is 17.6. The molecule has 0 radical (unpaired) electrons. The molecule has 5 nitrogen and oxygen atoms in total. The van der Waals surface area contributed by atoms with E-state index in [-0.39, 0.29) is 17.9 Å². The number of hydrogen-bond acceptors (Lipinski definition) is 4. The van der Waals surface area contributed by atoms with E-state index in [1.165, 1.54) is 6.26 Å². The fourth-order valence-corrected chi connectivity index (χ4v) is 2.43. The highest BCUT2D eigenvalue weighted by molar-refractivity contribution is 9.10. The van der Waals surface area contributed by atoms with E-state index in [4.69, 9.17) is 9.15 Å². The SMILES string of the molecule is O=C(Nc1ccccc1C(=O)OCc1ccc(Br)cc1)c1ccco1. The van der Waals surface area contributed by atoms with E-state index < -0.39 is 11.9 Å². The molecule has 0 spiro atoms. The largest absolute Gasteiger partial charge is 0.459 e. The topological polar surface area (TPSA) is 68.5 Å². The molecule has 1 amide bonds. The maximum atomic E-state index is 12.4. The van der Waals surface area contributed by atoms with Crippen LogP contribution in [0.2, 0.25) is 0 Å². The van der Waals surface area contributed by atoms with Gasteiger partial charge in [0.25, 0.3) is 5.91 Å². The third-order valence-electron chi connectivity index (χ3n) is 3.42. The lowest BCUT2D eigenvalue weighted by atomic mass is 10.1. The Morgan fingerprint density at radius 3 is 2.48 bits per heavy atom. The Morgan fingerprint density at radius 1 is 1.00 bits per heavy atom. The Kier molecular flexibility index (Phi) is 5.30.